The Hall–Kier alpha value is -4.47. The van der Waals surface area contributed by atoms with E-state index in [9.17, 15) is 18.0 Å². The normalized spacial score (nSPS) is 11.7. The number of fused-ring (bicyclic) bond motifs is 1. The molecule has 0 aliphatic carbocycles. The fourth-order valence-corrected chi connectivity index (χ4v) is 4.05. The van der Waals surface area contributed by atoms with Gasteiger partial charge in [-0.2, -0.15) is 18.3 Å². The molecule has 0 aliphatic heterocycles. The van der Waals surface area contributed by atoms with Crippen molar-refractivity contribution in [2.75, 3.05) is 5.32 Å². The Kier molecular flexibility index (Phi) is 5.58. The van der Waals surface area contributed by atoms with E-state index in [0.717, 1.165) is 40.0 Å². The summed E-state index contributed by atoms with van der Waals surface area (Å²) in [5.41, 5.74) is 4.49. The maximum Gasteiger partial charge on any atom is 0.433 e. The second-order valence-electron chi connectivity index (χ2n) is 8.56. The first-order valence-corrected chi connectivity index (χ1v) is 11.0. The highest BCUT2D eigenvalue weighted by Crippen LogP contribution is 2.31. The van der Waals surface area contributed by atoms with Crippen LogP contribution in [0.1, 0.15) is 17.0 Å². The third-order valence-electron chi connectivity index (χ3n) is 5.99. The van der Waals surface area contributed by atoms with Crippen LogP contribution in [-0.2, 0) is 13.2 Å². The molecule has 0 aliphatic rings. The van der Waals surface area contributed by atoms with E-state index in [2.05, 4.69) is 25.5 Å². The molecule has 4 heterocycles. The van der Waals surface area contributed by atoms with Crippen molar-refractivity contribution in [2.45, 2.75) is 20.0 Å². The molecule has 0 spiro atoms. The molecule has 36 heavy (non-hydrogen) atoms. The van der Waals surface area contributed by atoms with E-state index in [-0.39, 0.29) is 5.56 Å². The number of aryl methyl sites for hydroxylation is 3. The van der Waals surface area contributed by atoms with Crippen molar-refractivity contribution in [3.05, 3.63) is 88.2 Å². The minimum Gasteiger partial charge on any atom is -0.339 e. The molecule has 0 bridgehead atoms. The summed E-state index contributed by atoms with van der Waals surface area (Å²) < 4.78 is 39.9. The van der Waals surface area contributed by atoms with Gasteiger partial charge in [-0.25, -0.2) is 0 Å². The highest BCUT2D eigenvalue weighted by Gasteiger charge is 2.32. The van der Waals surface area contributed by atoms with Gasteiger partial charge < -0.3 is 9.88 Å². The lowest BCUT2D eigenvalue weighted by Crippen LogP contribution is -2.19. The summed E-state index contributed by atoms with van der Waals surface area (Å²) in [5, 5.41) is 11.1. The van der Waals surface area contributed by atoms with Crippen LogP contribution >= 0.6 is 0 Å². The summed E-state index contributed by atoms with van der Waals surface area (Å²) in [6.45, 7) is 3.81. The van der Waals surface area contributed by atoms with Crippen molar-refractivity contribution in [1.82, 2.24) is 24.7 Å². The molecule has 0 radical (unpaired) electrons. The number of aromatic nitrogens is 5. The van der Waals surface area contributed by atoms with Gasteiger partial charge in [0.1, 0.15) is 5.69 Å². The van der Waals surface area contributed by atoms with Crippen LogP contribution in [0.2, 0.25) is 0 Å². The van der Waals surface area contributed by atoms with Crippen LogP contribution < -0.4 is 10.9 Å². The molecule has 2 N–H and O–H groups in total. The maximum absolute atomic E-state index is 13.2. The van der Waals surface area contributed by atoms with Crippen LogP contribution in [0.15, 0.2) is 65.7 Å². The number of pyridine rings is 3. The molecule has 5 rings (SSSR count). The smallest absolute Gasteiger partial charge is 0.339 e. The summed E-state index contributed by atoms with van der Waals surface area (Å²) in [7, 11) is 1.74. The number of nitrogens with zero attached hydrogens (tertiary/aromatic N) is 4. The van der Waals surface area contributed by atoms with E-state index in [1.165, 1.54) is 6.07 Å². The Morgan fingerprint density at radius 2 is 1.75 bits per heavy atom. The second kappa shape index (κ2) is 8.63. The molecule has 0 fully saturated rings. The van der Waals surface area contributed by atoms with Crippen LogP contribution in [-0.4, -0.2) is 24.7 Å². The number of rotatable bonds is 4. The monoisotopic (exact) mass is 490 g/mol. The molecule has 10 heteroatoms. The van der Waals surface area contributed by atoms with Crippen LogP contribution in [0, 0.1) is 13.8 Å². The fraction of sp³-hybridized carbons (Fsp3) is 0.154. The molecule has 0 atom stereocenters. The first kappa shape index (κ1) is 23.3. The van der Waals surface area contributed by atoms with Gasteiger partial charge in [-0.15, -0.1) is 0 Å². The molecule has 182 valence electrons. The topological polar surface area (TPSA) is 88.5 Å². The van der Waals surface area contributed by atoms with E-state index in [1.807, 2.05) is 44.2 Å². The molecule has 0 unspecified atom stereocenters. The molecule has 0 amide bonds. The first-order valence-electron chi connectivity index (χ1n) is 11.0. The number of anilines is 2. The van der Waals surface area contributed by atoms with Gasteiger partial charge in [-0.1, -0.05) is 6.07 Å². The number of benzene rings is 1. The predicted molar refractivity (Wildman–Crippen MR) is 132 cm³/mol. The highest BCUT2D eigenvalue weighted by molar-refractivity contribution is 5.85. The summed E-state index contributed by atoms with van der Waals surface area (Å²) >= 11 is 0. The molecular formula is C26H21F3N6O. The molecule has 5 aromatic rings. The summed E-state index contributed by atoms with van der Waals surface area (Å²) in [4.78, 5) is 21.0. The number of hydrogen-bond acceptors (Lipinski definition) is 5. The van der Waals surface area contributed by atoms with E-state index >= 15 is 0 Å². The SMILES string of the molecule is Cc1cc2c(cn1)cc(-c1cc(Nc3cc(-c4ccc(C(F)(F)F)nc4)[nH]n3)ccc1C)c(=O)n2C. The van der Waals surface area contributed by atoms with Crippen molar-refractivity contribution >= 4 is 22.4 Å². The third-order valence-corrected chi connectivity index (χ3v) is 5.99. The lowest BCUT2D eigenvalue weighted by Gasteiger charge is -2.13. The average Bonchev–Trinajstić information content (AvgIpc) is 3.31. The first-order chi connectivity index (χ1) is 17.1. The zero-order chi connectivity index (χ0) is 25.6. The van der Waals surface area contributed by atoms with Crippen molar-refractivity contribution in [3.63, 3.8) is 0 Å². The number of alkyl halides is 3. The van der Waals surface area contributed by atoms with E-state index in [4.69, 9.17) is 0 Å². The van der Waals surface area contributed by atoms with Gasteiger partial charge in [0.05, 0.1) is 11.2 Å². The number of nitrogens with one attached hydrogen (secondary N) is 2. The van der Waals surface area contributed by atoms with Crippen molar-refractivity contribution in [3.8, 4) is 22.4 Å². The highest BCUT2D eigenvalue weighted by atomic mass is 19.4. The van der Waals surface area contributed by atoms with Crippen molar-refractivity contribution in [2.24, 2.45) is 7.05 Å². The lowest BCUT2D eigenvalue weighted by molar-refractivity contribution is -0.141. The van der Waals surface area contributed by atoms with E-state index in [1.54, 1.807) is 23.9 Å². The Morgan fingerprint density at radius 1 is 0.944 bits per heavy atom. The molecule has 0 saturated carbocycles. The van der Waals surface area contributed by atoms with Gasteiger partial charge in [-0.05, 0) is 61.4 Å². The number of halogens is 3. The zero-order valence-electron chi connectivity index (χ0n) is 19.6. The minimum absolute atomic E-state index is 0.120. The Bertz CT molecular complexity index is 1650. The van der Waals surface area contributed by atoms with Gasteiger partial charge in [-0.3, -0.25) is 19.9 Å². The van der Waals surface area contributed by atoms with Gasteiger partial charge >= 0.3 is 6.18 Å². The maximum atomic E-state index is 13.2. The van der Waals surface area contributed by atoms with Gasteiger partial charge in [0.25, 0.3) is 5.56 Å². The lowest BCUT2D eigenvalue weighted by atomic mass is 9.99. The van der Waals surface area contributed by atoms with Crippen LogP contribution in [0.3, 0.4) is 0 Å². The van der Waals surface area contributed by atoms with Gasteiger partial charge in [0.2, 0.25) is 0 Å². The summed E-state index contributed by atoms with van der Waals surface area (Å²) in [6.07, 6.45) is -1.59. The fourth-order valence-electron chi connectivity index (χ4n) is 4.05. The molecule has 4 aromatic heterocycles. The Balaban J connectivity index is 1.46. The number of aromatic amines is 1. The molecule has 0 saturated heterocycles. The standard InChI is InChI=1S/C26H21F3N6O/c1-14-4-6-18(10-19(14)20-9-17-13-30-15(2)8-22(17)35(3)25(20)36)32-24-11-21(33-34-24)16-5-7-23(31-12-16)26(27,28)29/h4-13H,1-3H3,(H2,32,33,34). The second-order valence-corrected chi connectivity index (χ2v) is 8.56. The van der Waals surface area contributed by atoms with Crippen molar-refractivity contribution in [1.29, 1.82) is 0 Å². The third kappa shape index (κ3) is 4.33. The average molecular weight is 490 g/mol. The van der Waals surface area contributed by atoms with Gasteiger partial charge in [0, 0.05) is 53.4 Å². The zero-order valence-corrected chi connectivity index (χ0v) is 19.6. The van der Waals surface area contributed by atoms with Crippen LogP contribution in [0.25, 0.3) is 33.3 Å². The van der Waals surface area contributed by atoms with Crippen LogP contribution in [0.4, 0.5) is 24.7 Å². The Morgan fingerprint density at radius 3 is 2.47 bits per heavy atom. The predicted octanol–water partition coefficient (Wildman–Crippen LogP) is 5.76. The molecule has 1 aromatic carbocycles. The van der Waals surface area contributed by atoms with E-state index in [0.29, 0.717) is 28.3 Å². The number of H-pyrrole nitrogens is 1. The summed E-state index contributed by atoms with van der Waals surface area (Å²) in [5.74, 6) is 0.464. The minimum atomic E-state index is -4.50. The molecule has 7 nitrogen and oxygen atoms in total. The quantitative estimate of drug-likeness (QED) is 0.334. The summed E-state index contributed by atoms with van der Waals surface area (Å²) in [6, 6.07) is 13.3. The largest absolute Gasteiger partial charge is 0.433 e. The Labute approximate surface area is 203 Å². The van der Waals surface area contributed by atoms with Crippen molar-refractivity contribution < 1.29 is 13.2 Å². The van der Waals surface area contributed by atoms with E-state index < -0.39 is 11.9 Å². The molecular weight excluding hydrogens is 469 g/mol. The number of hydrogen-bond donors (Lipinski definition) is 2. The van der Waals surface area contributed by atoms with Gasteiger partial charge in [0.15, 0.2) is 5.82 Å². The van der Waals surface area contributed by atoms with Crippen LogP contribution in [0.5, 0.6) is 0 Å².